The fourth-order valence-electron chi connectivity index (χ4n) is 2.31. The molecule has 6 heteroatoms. The van der Waals surface area contributed by atoms with Crippen molar-refractivity contribution in [1.29, 1.82) is 0 Å². The van der Waals surface area contributed by atoms with Gasteiger partial charge in [0, 0.05) is 17.9 Å². The zero-order chi connectivity index (χ0) is 15.1. The van der Waals surface area contributed by atoms with Gasteiger partial charge in [0.05, 0.1) is 0 Å². The minimum Gasteiger partial charge on any atom is -0.299 e. The molecule has 0 radical (unpaired) electrons. The van der Waals surface area contributed by atoms with Gasteiger partial charge in [0.1, 0.15) is 0 Å². The molecule has 0 aromatic rings. The van der Waals surface area contributed by atoms with E-state index >= 15 is 0 Å². The van der Waals surface area contributed by atoms with E-state index in [2.05, 4.69) is 13.8 Å². The molecule has 19 heavy (non-hydrogen) atoms. The van der Waals surface area contributed by atoms with E-state index in [4.69, 9.17) is 0 Å². The van der Waals surface area contributed by atoms with Gasteiger partial charge < -0.3 is 0 Å². The van der Waals surface area contributed by atoms with Crippen LogP contribution >= 0.6 is 10.6 Å². The Morgan fingerprint density at radius 3 is 2.16 bits per heavy atom. The van der Waals surface area contributed by atoms with Crippen LogP contribution in [0.3, 0.4) is 0 Å². The van der Waals surface area contributed by atoms with Crippen molar-refractivity contribution in [2.75, 3.05) is 11.5 Å². The zero-order valence-corrected chi connectivity index (χ0v) is 12.9. The maximum atomic E-state index is 12.0. The minimum atomic E-state index is -4.21. The van der Waals surface area contributed by atoms with Gasteiger partial charge in [0.25, 0.3) is 0 Å². The van der Waals surface area contributed by atoms with Crippen molar-refractivity contribution in [1.82, 2.24) is 0 Å². The van der Waals surface area contributed by atoms with E-state index in [1.807, 2.05) is 6.92 Å². The zero-order valence-electron chi connectivity index (χ0n) is 12.0. The van der Waals surface area contributed by atoms with Gasteiger partial charge in [-0.05, 0) is 31.1 Å². The summed E-state index contributed by atoms with van der Waals surface area (Å²) in [6.07, 6.45) is -2.61. The number of halogens is 3. The molecule has 0 heterocycles. The van der Waals surface area contributed by atoms with Crippen LogP contribution in [0.1, 0.15) is 52.9 Å². The Kier molecular flexibility index (Phi) is 8.40. The van der Waals surface area contributed by atoms with Crippen molar-refractivity contribution >= 4 is 10.6 Å². The lowest BCUT2D eigenvalue weighted by Gasteiger charge is -2.36. The van der Waals surface area contributed by atoms with Gasteiger partial charge in [0.2, 0.25) is 0 Å². The van der Waals surface area contributed by atoms with Gasteiger partial charge in [-0.25, -0.2) is 0 Å². The molecule has 0 saturated carbocycles. The molecule has 0 aliphatic carbocycles. The monoisotopic (exact) mass is 304 g/mol. The van der Waals surface area contributed by atoms with Gasteiger partial charge in [-0.3, -0.25) is 9.11 Å². The molecule has 118 valence electrons. The standard InChI is InChI=1S/C13H27F3O2S/c1-4-6-12(9-11(2)3)10-19(17,18)8-5-7-13(14,15)16/h11-12,17-18H,4-10H2,1-3H3. The Bertz CT molecular complexity index is 243. The van der Waals surface area contributed by atoms with E-state index in [1.165, 1.54) is 0 Å². The van der Waals surface area contributed by atoms with E-state index in [0.29, 0.717) is 5.92 Å². The molecule has 0 spiro atoms. The van der Waals surface area contributed by atoms with Crippen molar-refractivity contribution in [3.8, 4) is 0 Å². The summed E-state index contributed by atoms with van der Waals surface area (Å²) in [5.74, 6) is 0.768. The molecule has 0 amide bonds. The van der Waals surface area contributed by atoms with Crippen molar-refractivity contribution in [2.45, 2.75) is 59.1 Å². The molecular formula is C13H27F3O2S. The van der Waals surface area contributed by atoms with Gasteiger partial charge >= 0.3 is 6.18 Å². The molecule has 2 nitrogen and oxygen atoms in total. The third-order valence-electron chi connectivity index (χ3n) is 2.94. The third-order valence-corrected chi connectivity index (χ3v) is 4.88. The normalized spacial score (nSPS) is 15.8. The van der Waals surface area contributed by atoms with Gasteiger partial charge in [-0.2, -0.15) is 23.8 Å². The van der Waals surface area contributed by atoms with Gasteiger partial charge in [0.15, 0.2) is 0 Å². The van der Waals surface area contributed by atoms with E-state index in [1.54, 1.807) is 0 Å². The van der Waals surface area contributed by atoms with Crippen LogP contribution in [0, 0.1) is 11.8 Å². The summed E-state index contributed by atoms with van der Waals surface area (Å²) in [6, 6.07) is 0. The second kappa shape index (κ2) is 8.37. The predicted molar refractivity (Wildman–Crippen MR) is 75.7 cm³/mol. The Morgan fingerprint density at radius 1 is 1.16 bits per heavy atom. The lowest BCUT2D eigenvalue weighted by atomic mass is 9.95. The third kappa shape index (κ3) is 11.6. The van der Waals surface area contributed by atoms with Gasteiger partial charge in [-0.15, -0.1) is 0 Å². The van der Waals surface area contributed by atoms with Crippen molar-refractivity contribution in [3.63, 3.8) is 0 Å². The summed E-state index contributed by atoms with van der Waals surface area (Å²) in [7, 11) is -2.87. The van der Waals surface area contributed by atoms with E-state index in [-0.39, 0.29) is 23.8 Å². The second-order valence-electron chi connectivity index (χ2n) is 5.68. The highest BCUT2D eigenvalue weighted by Crippen LogP contribution is 2.44. The molecule has 0 rings (SSSR count). The topological polar surface area (TPSA) is 40.5 Å². The SMILES string of the molecule is CCCC(CC(C)C)CS(O)(O)CCCC(F)(F)F. The highest BCUT2D eigenvalue weighted by Gasteiger charge is 2.28. The first-order valence-corrected chi connectivity index (χ1v) is 8.74. The lowest BCUT2D eigenvalue weighted by Crippen LogP contribution is -2.19. The van der Waals surface area contributed by atoms with Crippen molar-refractivity contribution in [2.24, 2.45) is 11.8 Å². The van der Waals surface area contributed by atoms with Crippen LogP contribution in [-0.2, 0) is 0 Å². The average Bonchev–Trinajstić information content (AvgIpc) is 2.12. The van der Waals surface area contributed by atoms with E-state index in [9.17, 15) is 22.3 Å². The van der Waals surface area contributed by atoms with Gasteiger partial charge in [-0.1, -0.05) is 27.2 Å². The largest absolute Gasteiger partial charge is 0.389 e. The fourth-order valence-corrected chi connectivity index (χ4v) is 4.14. The number of alkyl halides is 3. The molecular weight excluding hydrogens is 277 g/mol. The van der Waals surface area contributed by atoms with Crippen molar-refractivity contribution < 1.29 is 22.3 Å². The summed E-state index contributed by atoms with van der Waals surface area (Å²) in [6.45, 7) is 6.17. The molecule has 0 saturated heterocycles. The summed E-state index contributed by atoms with van der Waals surface area (Å²) in [4.78, 5) is 0. The first-order chi connectivity index (χ1) is 8.56. The highest BCUT2D eigenvalue weighted by atomic mass is 32.3. The van der Waals surface area contributed by atoms with Crippen LogP contribution in [0.2, 0.25) is 0 Å². The molecule has 2 N–H and O–H groups in total. The Balaban J connectivity index is 4.21. The molecule has 0 aliphatic heterocycles. The molecule has 0 bridgehead atoms. The molecule has 1 atom stereocenters. The average molecular weight is 304 g/mol. The minimum absolute atomic E-state index is 0.134. The van der Waals surface area contributed by atoms with E-state index < -0.39 is 23.2 Å². The summed E-state index contributed by atoms with van der Waals surface area (Å²) >= 11 is 0. The van der Waals surface area contributed by atoms with Crippen molar-refractivity contribution in [3.05, 3.63) is 0 Å². The number of rotatable bonds is 9. The van der Waals surface area contributed by atoms with Crippen LogP contribution in [0.25, 0.3) is 0 Å². The molecule has 0 aliphatic rings. The molecule has 0 aromatic carbocycles. The fraction of sp³-hybridized carbons (Fsp3) is 1.00. The first-order valence-electron chi connectivity index (χ1n) is 6.86. The van der Waals surface area contributed by atoms with Crippen LogP contribution in [-0.4, -0.2) is 26.8 Å². The van der Waals surface area contributed by atoms with Crippen LogP contribution in [0.15, 0.2) is 0 Å². The summed E-state index contributed by atoms with van der Waals surface area (Å²) in [5.41, 5.74) is 0. The maximum absolute atomic E-state index is 12.0. The summed E-state index contributed by atoms with van der Waals surface area (Å²) in [5, 5.41) is 0. The maximum Gasteiger partial charge on any atom is 0.389 e. The second-order valence-corrected chi connectivity index (χ2v) is 8.02. The Labute approximate surface area is 116 Å². The lowest BCUT2D eigenvalue weighted by molar-refractivity contribution is -0.134. The highest BCUT2D eigenvalue weighted by molar-refractivity contribution is 8.24. The molecule has 1 unspecified atom stereocenters. The smallest absolute Gasteiger partial charge is 0.299 e. The van der Waals surface area contributed by atoms with Crippen LogP contribution < -0.4 is 0 Å². The quantitative estimate of drug-likeness (QED) is 0.587. The Morgan fingerprint density at radius 2 is 1.74 bits per heavy atom. The first kappa shape index (κ1) is 19.1. The number of hydrogen-bond acceptors (Lipinski definition) is 2. The molecule has 0 aromatic heterocycles. The predicted octanol–water partition coefficient (Wildman–Crippen LogP) is 5.54. The number of hydrogen-bond donors (Lipinski definition) is 2. The van der Waals surface area contributed by atoms with E-state index in [0.717, 1.165) is 19.3 Å². The summed E-state index contributed by atoms with van der Waals surface area (Å²) < 4.78 is 55.9. The van der Waals surface area contributed by atoms with Crippen LogP contribution in [0.5, 0.6) is 0 Å². The Hall–Kier alpha value is 0.0600. The van der Waals surface area contributed by atoms with Crippen LogP contribution in [0.4, 0.5) is 13.2 Å². The molecule has 0 fully saturated rings.